The summed E-state index contributed by atoms with van der Waals surface area (Å²) in [4.78, 5) is 0. The highest BCUT2D eigenvalue weighted by molar-refractivity contribution is 5.13. The van der Waals surface area contributed by atoms with Gasteiger partial charge in [-0.3, -0.25) is 0 Å². The molecule has 1 N–H and O–H groups in total. The van der Waals surface area contributed by atoms with Crippen molar-refractivity contribution in [2.45, 2.75) is 25.1 Å². The summed E-state index contributed by atoms with van der Waals surface area (Å²) in [7, 11) is 0. The number of furan rings is 1. The standard InChI is InChI=1S/C9H10F3NO/c10-9(11,12)8-4-3-7(14-8)6-2-1-5-13-6/h3-4,6,13H,1-2,5H2/t6-/m1/s1. The molecule has 14 heavy (non-hydrogen) atoms. The number of alkyl halides is 3. The quantitative estimate of drug-likeness (QED) is 0.762. The van der Waals surface area contributed by atoms with Gasteiger partial charge in [0, 0.05) is 0 Å². The maximum absolute atomic E-state index is 12.2. The molecule has 0 spiro atoms. The van der Waals surface area contributed by atoms with Crippen molar-refractivity contribution < 1.29 is 17.6 Å². The highest BCUT2D eigenvalue weighted by Crippen LogP contribution is 2.33. The molecular formula is C9H10F3NO. The molecule has 2 heterocycles. The van der Waals surface area contributed by atoms with Gasteiger partial charge in [-0.15, -0.1) is 0 Å². The average Bonchev–Trinajstić information content (AvgIpc) is 2.73. The van der Waals surface area contributed by atoms with Crippen LogP contribution in [0.5, 0.6) is 0 Å². The molecule has 1 aliphatic rings. The summed E-state index contributed by atoms with van der Waals surface area (Å²) in [5.41, 5.74) is 0. The lowest BCUT2D eigenvalue weighted by Crippen LogP contribution is -2.12. The highest BCUT2D eigenvalue weighted by Gasteiger charge is 2.35. The lowest BCUT2D eigenvalue weighted by atomic mass is 10.2. The van der Waals surface area contributed by atoms with Crippen molar-refractivity contribution in [1.82, 2.24) is 5.32 Å². The third-order valence-electron chi connectivity index (χ3n) is 2.31. The van der Waals surface area contributed by atoms with E-state index in [0.717, 1.165) is 25.5 Å². The Balaban J connectivity index is 2.17. The zero-order valence-corrected chi connectivity index (χ0v) is 7.40. The first kappa shape index (κ1) is 9.58. The van der Waals surface area contributed by atoms with Crippen LogP contribution in [0.25, 0.3) is 0 Å². The fourth-order valence-electron chi connectivity index (χ4n) is 1.62. The zero-order valence-electron chi connectivity index (χ0n) is 7.40. The van der Waals surface area contributed by atoms with Gasteiger partial charge in [0.25, 0.3) is 0 Å². The van der Waals surface area contributed by atoms with E-state index < -0.39 is 11.9 Å². The van der Waals surface area contributed by atoms with Crippen LogP contribution in [0.15, 0.2) is 16.5 Å². The minimum atomic E-state index is -4.38. The normalized spacial score (nSPS) is 22.9. The lowest BCUT2D eigenvalue weighted by Gasteiger charge is -2.06. The monoisotopic (exact) mass is 205 g/mol. The molecule has 0 radical (unpaired) electrons. The Hall–Kier alpha value is -0.970. The second-order valence-corrected chi connectivity index (χ2v) is 3.35. The highest BCUT2D eigenvalue weighted by atomic mass is 19.4. The van der Waals surface area contributed by atoms with Gasteiger partial charge in [-0.2, -0.15) is 13.2 Å². The van der Waals surface area contributed by atoms with Crippen molar-refractivity contribution in [2.24, 2.45) is 0 Å². The minimum absolute atomic E-state index is 0.0499. The smallest absolute Gasteiger partial charge is 0.449 e. The summed E-state index contributed by atoms with van der Waals surface area (Å²) in [6.45, 7) is 0.840. The van der Waals surface area contributed by atoms with Crippen molar-refractivity contribution in [2.75, 3.05) is 6.54 Å². The van der Waals surface area contributed by atoms with Crippen LogP contribution in [0, 0.1) is 0 Å². The van der Waals surface area contributed by atoms with E-state index >= 15 is 0 Å². The summed E-state index contributed by atoms with van der Waals surface area (Å²) in [6, 6.07) is 2.33. The van der Waals surface area contributed by atoms with Gasteiger partial charge in [0.05, 0.1) is 6.04 Å². The summed E-state index contributed by atoms with van der Waals surface area (Å²) in [5.74, 6) is -0.531. The van der Waals surface area contributed by atoms with Gasteiger partial charge in [-0.1, -0.05) is 0 Å². The molecule has 1 fully saturated rings. The van der Waals surface area contributed by atoms with Crippen LogP contribution in [0.1, 0.15) is 30.4 Å². The molecule has 1 aliphatic heterocycles. The summed E-state index contributed by atoms with van der Waals surface area (Å²) >= 11 is 0. The van der Waals surface area contributed by atoms with Gasteiger partial charge in [0.1, 0.15) is 5.76 Å². The first-order valence-electron chi connectivity index (χ1n) is 4.48. The van der Waals surface area contributed by atoms with Gasteiger partial charge in [-0.25, -0.2) is 0 Å². The number of rotatable bonds is 1. The van der Waals surface area contributed by atoms with Crippen LogP contribution < -0.4 is 5.32 Å². The van der Waals surface area contributed by atoms with Crippen molar-refractivity contribution in [3.8, 4) is 0 Å². The molecule has 0 saturated carbocycles. The van der Waals surface area contributed by atoms with Crippen LogP contribution in [0.4, 0.5) is 13.2 Å². The molecule has 1 aromatic heterocycles. The lowest BCUT2D eigenvalue weighted by molar-refractivity contribution is -0.153. The summed E-state index contributed by atoms with van der Waals surface area (Å²) < 4.78 is 41.3. The van der Waals surface area contributed by atoms with Crippen LogP contribution in [0.2, 0.25) is 0 Å². The maximum Gasteiger partial charge on any atom is 0.449 e. The fourth-order valence-corrected chi connectivity index (χ4v) is 1.62. The minimum Gasteiger partial charge on any atom is -0.455 e. The molecule has 2 rings (SSSR count). The number of hydrogen-bond acceptors (Lipinski definition) is 2. The molecule has 5 heteroatoms. The Morgan fingerprint density at radius 3 is 2.64 bits per heavy atom. The number of hydrogen-bond donors (Lipinski definition) is 1. The summed E-state index contributed by atoms with van der Waals surface area (Å²) in [5, 5.41) is 3.08. The Kier molecular flexibility index (Phi) is 2.26. The van der Waals surface area contributed by atoms with Gasteiger partial charge < -0.3 is 9.73 Å². The van der Waals surface area contributed by atoms with Crippen molar-refractivity contribution >= 4 is 0 Å². The Bertz CT molecular complexity index is 312. The molecule has 0 aliphatic carbocycles. The second-order valence-electron chi connectivity index (χ2n) is 3.35. The van der Waals surface area contributed by atoms with E-state index in [0.29, 0.717) is 5.76 Å². The second kappa shape index (κ2) is 3.31. The van der Waals surface area contributed by atoms with Crippen molar-refractivity contribution in [3.63, 3.8) is 0 Å². The number of nitrogens with one attached hydrogen (secondary N) is 1. The van der Waals surface area contributed by atoms with Gasteiger partial charge in [-0.05, 0) is 31.5 Å². The van der Waals surface area contributed by atoms with E-state index in [2.05, 4.69) is 5.32 Å². The SMILES string of the molecule is FC(F)(F)c1ccc([C@H]2CCCN2)o1. The van der Waals surface area contributed by atoms with Crippen LogP contribution >= 0.6 is 0 Å². The largest absolute Gasteiger partial charge is 0.455 e. The van der Waals surface area contributed by atoms with Gasteiger partial charge >= 0.3 is 6.18 Å². The van der Waals surface area contributed by atoms with Gasteiger partial charge in [0.2, 0.25) is 5.76 Å². The van der Waals surface area contributed by atoms with Crippen molar-refractivity contribution in [1.29, 1.82) is 0 Å². The van der Waals surface area contributed by atoms with Crippen LogP contribution in [-0.4, -0.2) is 6.54 Å². The molecule has 78 valence electrons. The summed E-state index contributed by atoms with van der Waals surface area (Å²) in [6.07, 6.45) is -2.56. The predicted octanol–water partition coefficient (Wildman–Crippen LogP) is 2.72. The molecule has 0 unspecified atom stereocenters. The third-order valence-corrected chi connectivity index (χ3v) is 2.31. The van der Waals surface area contributed by atoms with Crippen LogP contribution in [0.3, 0.4) is 0 Å². The topological polar surface area (TPSA) is 25.2 Å². The molecule has 1 saturated heterocycles. The molecule has 1 aromatic rings. The molecule has 0 aromatic carbocycles. The zero-order chi connectivity index (χ0) is 10.2. The average molecular weight is 205 g/mol. The Morgan fingerprint density at radius 1 is 1.36 bits per heavy atom. The fraction of sp³-hybridized carbons (Fsp3) is 0.556. The Labute approximate surface area is 79.1 Å². The van der Waals surface area contributed by atoms with E-state index in [9.17, 15) is 13.2 Å². The number of halogens is 3. The van der Waals surface area contributed by atoms with Gasteiger partial charge in [0.15, 0.2) is 0 Å². The first-order valence-corrected chi connectivity index (χ1v) is 4.48. The first-order chi connectivity index (χ1) is 6.57. The maximum atomic E-state index is 12.2. The van der Waals surface area contributed by atoms with Crippen molar-refractivity contribution in [3.05, 3.63) is 23.7 Å². The molecule has 0 amide bonds. The molecule has 1 atom stereocenters. The van der Waals surface area contributed by atoms with E-state index in [4.69, 9.17) is 4.42 Å². The van der Waals surface area contributed by atoms with E-state index in [1.165, 1.54) is 6.07 Å². The Morgan fingerprint density at radius 2 is 2.14 bits per heavy atom. The van der Waals surface area contributed by atoms with Crippen LogP contribution in [-0.2, 0) is 6.18 Å². The molecular weight excluding hydrogens is 195 g/mol. The molecule has 2 nitrogen and oxygen atoms in total. The third kappa shape index (κ3) is 1.77. The predicted molar refractivity (Wildman–Crippen MR) is 43.7 cm³/mol. The van der Waals surface area contributed by atoms with E-state index in [-0.39, 0.29) is 6.04 Å². The van der Waals surface area contributed by atoms with E-state index in [1.807, 2.05) is 0 Å². The van der Waals surface area contributed by atoms with E-state index in [1.54, 1.807) is 0 Å². The molecule has 0 bridgehead atoms.